The van der Waals surface area contributed by atoms with Gasteiger partial charge in [0.1, 0.15) is 11.6 Å². The first kappa shape index (κ1) is 18.7. The molecule has 0 saturated heterocycles. The van der Waals surface area contributed by atoms with E-state index in [1.807, 2.05) is 6.20 Å². The van der Waals surface area contributed by atoms with Crippen molar-refractivity contribution >= 4 is 37.9 Å². The number of halogens is 2. The molecule has 2 aromatic heterocycles. The van der Waals surface area contributed by atoms with Gasteiger partial charge in [-0.3, -0.25) is 4.98 Å². The normalized spacial score (nSPS) is 19.8. The van der Waals surface area contributed by atoms with Crippen LogP contribution >= 0.6 is 15.9 Å². The third kappa shape index (κ3) is 3.57. The van der Waals surface area contributed by atoms with E-state index in [2.05, 4.69) is 51.0 Å². The van der Waals surface area contributed by atoms with Crippen molar-refractivity contribution in [1.29, 1.82) is 0 Å². The van der Waals surface area contributed by atoms with Gasteiger partial charge in [0, 0.05) is 22.5 Å². The van der Waals surface area contributed by atoms with Crippen molar-refractivity contribution in [2.45, 2.75) is 44.9 Å². The molecule has 2 heterocycles. The Morgan fingerprint density at radius 3 is 2.76 bits per heavy atom. The minimum absolute atomic E-state index is 0.188. The van der Waals surface area contributed by atoms with Crippen LogP contribution in [0.5, 0.6) is 0 Å². The predicted molar refractivity (Wildman–Crippen MR) is 119 cm³/mol. The molecule has 1 saturated carbocycles. The van der Waals surface area contributed by atoms with Crippen LogP contribution in [0, 0.1) is 18.7 Å². The van der Waals surface area contributed by atoms with Gasteiger partial charge in [0.05, 0.1) is 16.6 Å². The molecule has 1 aliphatic rings. The Balaban J connectivity index is 1.31. The molecule has 0 aliphatic heterocycles. The van der Waals surface area contributed by atoms with Crippen LogP contribution in [0.1, 0.15) is 48.6 Å². The zero-order valence-electron chi connectivity index (χ0n) is 16.4. The van der Waals surface area contributed by atoms with E-state index in [0.29, 0.717) is 11.8 Å². The van der Waals surface area contributed by atoms with Gasteiger partial charge >= 0.3 is 0 Å². The van der Waals surface area contributed by atoms with Gasteiger partial charge in [-0.25, -0.2) is 9.37 Å². The first-order chi connectivity index (χ1) is 14.1. The van der Waals surface area contributed by atoms with E-state index in [9.17, 15) is 4.39 Å². The molecule has 3 nitrogen and oxygen atoms in total. The molecular formula is C24H23BrFN3. The molecule has 29 heavy (non-hydrogen) atoms. The van der Waals surface area contributed by atoms with Crippen LogP contribution in [0.15, 0.2) is 47.1 Å². The lowest BCUT2D eigenvalue weighted by Crippen LogP contribution is -2.16. The number of hydrogen-bond donors (Lipinski definition) is 1. The summed E-state index contributed by atoms with van der Waals surface area (Å²) in [6.07, 6.45) is 7.45. The molecule has 1 aliphatic carbocycles. The molecule has 0 atom stereocenters. The van der Waals surface area contributed by atoms with Crippen LogP contribution in [0.4, 0.5) is 4.39 Å². The number of aryl methyl sites for hydroxylation is 1. The molecule has 148 valence electrons. The molecule has 1 N–H and O–H groups in total. The van der Waals surface area contributed by atoms with E-state index in [1.54, 1.807) is 12.1 Å². The number of fused-ring (bicyclic) bond motifs is 2. The van der Waals surface area contributed by atoms with Crippen molar-refractivity contribution in [2.75, 3.05) is 0 Å². The first-order valence-electron chi connectivity index (χ1n) is 10.3. The van der Waals surface area contributed by atoms with Gasteiger partial charge in [0.15, 0.2) is 0 Å². The zero-order chi connectivity index (χ0) is 20.0. The second kappa shape index (κ2) is 7.52. The third-order valence-corrected chi connectivity index (χ3v) is 7.26. The molecule has 1 fully saturated rings. The fraction of sp³-hybridized carbons (Fsp3) is 0.333. The maximum atomic E-state index is 13.8. The summed E-state index contributed by atoms with van der Waals surface area (Å²) in [5.41, 5.74) is 5.49. The summed E-state index contributed by atoms with van der Waals surface area (Å²) in [5.74, 6) is 2.01. The Hall–Kier alpha value is -2.27. The van der Waals surface area contributed by atoms with Crippen LogP contribution in [0.3, 0.4) is 0 Å². The zero-order valence-corrected chi connectivity index (χ0v) is 18.0. The summed E-state index contributed by atoms with van der Waals surface area (Å²) in [7, 11) is 0. The minimum Gasteiger partial charge on any atom is -0.342 e. The number of aromatic nitrogens is 3. The standard InChI is InChI=1S/C24H23BrFN3/c1-14-20(25)7-9-22-24(14)29-23(28-22)12-15-2-4-16(5-3-15)18-10-11-27-21-8-6-17(26)13-19(18)21/h6-11,13,15-16H,2-5,12H2,1H3,(H,28,29)/t15-,16-. The highest BCUT2D eigenvalue weighted by molar-refractivity contribution is 9.10. The number of imidazole rings is 1. The summed E-state index contributed by atoms with van der Waals surface area (Å²) in [6, 6.07) is 11.1. The Morgan fingerprint density at radius 1 is 1.10 bits per heavy atom. The van der Waals surface area contributed by atoms with Gasteiger partial charge < -0.3 is 4.98 Å². The Bertz CT molecular complexity index is 1190. The fourth-order valence-corrected chi connectivity index (χ4v) is 5.10. The predicted octanol–water partition coefficient (Wildman–Crippen LogP) is 6.84. The second-order valence-corrected chi connectivity index (χ2v) is 9.09. The SMILES string of the molecule is Cc1c(Br)ccc2[nH]c(C[C@H]3CC[C@H](c4ccnc5ccc(F)cc54)CC3)nc12. The van der Waals surface area contributed by atoms with Gasteiger partial charge in [-0.05, 0) is 92.0 Å². The van der Waals surface area contributed by atoms with Crippen LogP contribution in [-0.4, -0.2) is 15.0 Å². The molecule has 4 aromatic rings. The lowest BCUT2D eigenvalue weighted by molar-refractivity contribution is 0.322. The number of H-pyrrole nitrogens is 1. The number of rotatable bonds is 3. The first-order valence-corrected chi connectivity index (χ1v) is 11.1. The second-order valence-electron chi connectivity index (χ2n) is 8.24. The van der Waals surface area contributed by atoms with Crippen molar-refractivity contribution in [2.24, 2.45) is 5.92 Å². The molecule has 0 bridgehead atoms. The van der Waals surface area contributed by atoms with Crippen LogP contribution in [0.25, 0.3) is 21.9 Å². The largest absolute Gasteiger partial charge is 0.342 e. The molecule has 5 heteroatoms. The van der Waals surface area contributed by atoms with Crippen molar-refractivity contribution in [1.82, 2.24) is 15.0 Å². The fourth-order valence-electron chi connectivity index (χ4n) is 4.78. The minimum atomic E-state index is -0.188. The average Bonchev–Trinajstić information content (AvgIpc) is 3.14. The summed E-state index contributed by atoms with van der Waals surface area (Å²) in [5, 5.41) is 0.967. The molecular weight excluding hydrogens is 429 g/mol. The number of nitrogens with zero attached hydrogens (tertiary/aromatic N) is 2. The summed E-state index contributed by atoms with van der Waals surface area (Å²) in [4.78, 5) is 12.8. The van der Waals surface area contributed by atoms with Gasteiger partial charge in [0.2, 0.25) is 0 Å². The van der Waals surface area contributed by atoms with Crippen molar-refractivity contribution in [3.63, 3.8) is 0 Å². The van der Waals surface area contributed by atoms with E-state index in [-0.39, 0.29) is 5.82 Å². The van der Waals surface area contributed by atoms with E-state index >= 15 is 0 Å². The highest BCUT2D eigenvalue weighted by Crippen LogP contribution is 2.39. The number of pyridine rings is 1. The molecule has 0 radical (unpaired) electrons. The van der Waals surface area contributed by atoms with Gasteiger partial charge in [0.25, 0.3) is 0 Å². The van der Waals surface area contributed by atoms with E-state index < -0.39 is 0 Å². The molecule has 0 unspecified atom stereocenters. The molecule has 2 aromatic carbocycles. The summed E-state index contributed by atoms with van der Waals surface area (Å²) in [6.45, 7) is 2.10. The van der Waals surface area contributed by atoms with Crippen LogP contribution in [-0.2, 0) is 6.42 Å². The van der Waals surface area contributed by atoms with Crippen LogP contribution < -0.4 is 0 Å². The van der Waals surface area contributed by atoms with Gasteiger partial charge in [-0.2, -0.15) is 0 Å². The Kier molecular flexibility index (Phi) is 4.86. The highest BCUT2D eigenvalue weighted by Gasteiger charge is 2.25. The maximum absolute atomic E-state index is 13.8. The smallest absolute Gasteiger partial charge is 0.123 e. The molecule has 5 rings (SSSR count). The number of hydrogen-bond acceptors (Lipinski definition) is 2. The van der Waals surface area contributed by atoms with E-state index in [0.717, 1.165) is 51.5 Å². The number of benzene rings is 2. The van der Waals surface area contributed by atoms with Crippen molar-refractivity contribution < 1.29 is 4.39 Å². The molecule has 0 spiro atoms. The highest BCUT2D eigenvalue weighted by atomic mass is 79.9. The maximum Gasteiger partial charge on any atom is 0.123 e. The summed E-state index contributed by atoms with van der Waals surface area (Å²) < 4.78 is 14.9. The average molecular weight is 452 g/mol. The lowest BCUT2D eigenvalue weighted by Gasteiger charge is -2.29. The van der Waals surface area contributed by atoms with Gasteiger partial charge in [-0.15, -0.1) is 0 Å². The number of nitrogens with one attached hydrogen (secondary N) is 1. The van der Waals surface area contributed by atoms with E-state index in [1.165, 1.54) is 30.0 Å². The summed E-state index contributed by atoms with van der Waals surface area (Å²) >= 11 is 3.59. The number of aromatic amines is 1. The lowest BCUT2D eigenvalue weighted by atomic mass is 9.77. The topological polar surface area (TPSA) is 41.6 Å². The Labute approximate surface area is 177 Å². The quantitative estimate of drug-likeness (QED) is 0.370. The van der Waals surface area contributed by atoms with Gasteiger partial charge in [-0.1, -0.05) is 15.9 Å². The molecule has 0 amide bonds. The monoisotopic (exact) mass is 451 g/mol. The van der Waals surface area contributed by atoms with Crippen molar-refractivity contribution in [3.05, 3.63) is 69.8 Å². The van der Waals surface area contributed by atoms with E-state index in [4.69, 9.17) is 4.98 Å². The third-order valence-electron chi connectivity index (χ3n) is 6.40. The van der Waals surface area contributed by atoms with Crippen LogP contribution in [0.2, 0.25) is 0 Å². The Morgan fingerprint density at radius 2 is 1.93 bits per heavy atom. The van der Waals surface area contributed by atoms with Crippen molar-refractivity contribution in [3.8, 4) is 0 Å².